The highest BCUT2D eigenvalue weighted by atomic mass is 32.2. The van der Waals surface area contributed by atoms with E-state index in [0.717, 1.165) is 20.7 Å². The number of thiazole rings is 1. The lowest BCUT2D eigenvalue weighted by atomic mass is 10.2. The lowest BCUT2D eigenvalue weighted by Crippen LogP contribution is -2.25. The molecule has 4 rings (SSSR count). The van der Waals surface area contributed by atoms with Crippen molar-refractivity contribution in [2.75, 3.05) is 10.8 Å². The van der Waals surface area contributed by atoms with Gasteiger partial charge in [-0.2, -0.15) is 10.1 Å². The molecule has 1 aromatic heterocycles. The van der Waals surface area contributed by atoms with E-state index in [-0.39, 0.29) is 5.91 Å². The number of carbonyl (C=O) groups excluding carboxylic acids is 1. The van der Waals surface area contributed by atoms with E-state index in [1.54, 1.807) is 18.0 Å². The van der Waals surface area contributed by atoms with Gasteiger partial charge in [0.05, 0.1) is 16.4 Å². The summed E-state index contributed by atoms with van der Waals surface area (Å²) < 4.78 is 1.05. The second-order valence-electron chi connectivity index (χ2n) is 7.24. The third-order valence-electron chi connectivity index (χ3n) is 4.68. The number of nitrogens with zero attached hydrogens (tertiary/aromatic N) is 3. The van der Waals surface area contributed by atoms with E-state index in [4.69, 9.17) is 0 Å². The number of benzene rings is 3. The highest BCUT2D eigenvalue weighted by molar-refractivity contribution is 7.99. The number of thioether (sulfide) groups is 1. The van der Waals surface area contributed by atoms with Crippen molar-refractivity contribution in [3.8, 4) is 0 Å². The Kier molecular flexibility index (Phi) is 6.79. The van der Waals surface area contributed by atoms with E-state index in [1.807, 2.05) is 61.5 Å². The van der Waals surface area contributed by atoms with Crippen LogP contribution in [-0.4, -0.2) is 22.9 Å². The molecule has 0 N–H and O–H groups in total. The van der Waals surface area contributed by atoms with Gasteiger partial charge in [0.2, 0.25) is 11.0 Å². The van der Waals surface area contributed by atoms with Crippen molar-refractivity contribution in [2.45, 2.75) is 25.2 Å². The molecule has 0 aliphatic heterocycles. The number of fused-ring (bicyclic) bond motifs is 1. The van der Waals surface area contributed by atoms with Crippen molar-refractivity contribution in [2.24, 2.45) is 5.10 Å². The van der Waals surface area contributed by atoms with Crippen LogP contribution in [0.1, 0.15) is 23.1 Å². The Balaban J connectivity index is 1.56. The first kappa shape index (κ1) is 21.3. The molecule has 31 heavy (non-hydrogen) atoms. The highest BCUT2D eigenvalue weighted by Crippen LogP contribution is 2.30. The van der Waals surface area contributed by atoms with Crippen molar-refractivity contribution in [3.05, 3.63) is 89.5 Å². The van der Waals surface area contributed by atoms with Gasteiger partial charge >= 0.3 is 0 Å². The maximum atomic E-state index is 13.1. The van der Waals surface area contributed by atoms with Gasteiger partial charge in [-0.1, -0.05) is 65.4 Å². The van der Waals surface area contributed by atoms with Crippen LogP contribution in [0, 0.1) is 13.8 Å². The van der Waals surface area contributed by atoms with Gasteiger partial charge in [0.15, 0.2) is 0 Å². The molecule has 0 saturated heterocycles. The Morgan fingerprint density at radius 1 is 1.03 bits per heavy atom. The summed E-state index contributed by atoms with van der Waals surface area (Å²) in [6.45, 7) is 4.10. The molecule has 0 aliphatic rings. The van der Waals surface area contributed by atoms with Gasteiger partial charge < -0.3 is 0 Å². The Bertz CT molecular complexity index is 1200. The summed E-state index contributed by atoms with van der Waals surface area (Å²) in [6, 6.07) is 24.3. The van der Waals surface area contributed by atoms with Gasteiger partial charge in [-0.05, 0) is 49.2 Å². The number of rotatable bonds is 7. The Morgan fingerprint density at radius 3 is 2.55 bits per heavy atom. The molecule has 0 fully saturated rings. The van der Waals surface area contributed by atoms with E-state index >= 15 is 0 Å². The van der Waals surface area contributed by atoms with Gasteiger partial charge in [0.25, 0.3) is 0 Å². The van der Waals surface area contributed by atoms with Crippen LogP contribution >= 0.6 is 23.1 Å². The van der Waals surface area contributed by atoms with E-state index in [1.165, 1.54) is 27.5 Å². The molecule has 0 saturated carbocycles. The highest BCUT2D eigenvalue weighted by Gasteiger charge is 2.19. The molecule has 3 aromatic carbocycles. The van der Waals surface area contributed by atoms with Crippen LogP contribution in [0.4, 0.5) is 5.13 Å². The normalized spacial score (nSPS) is 11.3. The lowest BCUT2D eigenvalue weighted by molar-refractivity contribution is -0.118. The van der Waals surface area contributed by atoms with Crippen molar-refractivity contribution in [1.29, 1.82) is 0 Å². The first-order chi connectivity index (χ1) is 15.1. The molecule has 156 valence electrons. The molecule has 0 radical (unpaired) electrons. The smallest absolute Gasteiger partial charge is 0.250 e. The first-order valence-electron chi connectivity index (χ1n) is 10.1. The molecule has 0 bridgehead atoms. The Hall–Kier alpha value is -2.96. The minimum absolute atomic E-state index is 0.0671. The fraction of sp³-hybridized carbons (Fsp3) is 0.160. The minimum atomic E-state index is -0.0671. The van der Waals surface area contributed by atoms with Crippen LogP contribution in [-0.2, 0) is 4.79 Å². The zero-order valence-electron chi connectivity index (χ0n) is 17.5. The van der Waals surface area contributed by atoms with Gasteiger partial charge in [-0.3, -0.25) is 4.79 Å². The molecular formula is C25H23N3OS2. The van der Waals surface area contributed by atoms with Crippen molar-refractivity contribution < 1.29 is 4.79 Å². The molecule has 0 aliphatic carbocycles. The summed E-state index contributed by atoms with van der Waals surface area (Å²) >= 11 is 3.16. The standard InChI is InChI=1S/C25H23N3OS2/c1-18-8-11-20(12-9-18)17-26-28(24(29)14-15-30-21-6-4-3-5-7-21)25-27-22-13-10-19(2)16-23(22)31-25/h3-13,16-17H,14-15H2,1-2H3/b26-17+. The predicted octanol–water partition coefficient (Wildman–Crippen LogP) is 6.46. The fourth-order valence-corrected chi connectivity index (χ4v) is 4.89. The Morgan fingerprint density at radius 2 is 1.77 bits per heavy atom. The third kappa shape index (κ3) is 5.60. The van der Waals surface area contributed by atoms with Crippen LogP contribution < -0.4 is 5.01 Å². The lowest BCUT2D eigenvalue weighted by Gasteiger charge is -2.13. The molecule has 4 aromatic rings. The van der Waals surface area contributed by atoms with E-state index in [0.29, 0.717) is 17.3 Å². The van der Waals surface area contributed by atoms with E-state index in [2.05, 4.69) is 35.2 Å². The second-order valence-corrected chi connectivity index (χ2v) is 9.42. The maximum Gasteiger partial charge on any atom is 0.250 e. The van der Waals surface area contributed by atoms with Crippen molar-refractivity contribution in [1.82, 2.24) is 4.98 Å². The fourth-order valence-electron chi connectivity index (χ4n) is 2.99. The number of carbonyl (C=O) groups is 1. The minimum Gasteiger partial charge on any atom is -0.272 e. The summed E-state index contributed by atoms with van der Waals surface area (Å²) in [4.78, 5) is 18.9. The largest absolute Gasteiger partial charge is 0.272 e. The molecule has 0 atom stereocenters. The van der Waals surface area contributed by atoms with E-state index < -0.39 is 0 Å². The number of aromatic nitrogens is 1. The molecule has 0 unspecified atom stereocenters. The average Bonchev–Trinajstić information content (AvgIpc) is 3.18. The van der Waals surface area contributed by atoms with Crippen LogP contribution in [0.3, 0.4) is 0 Å². The summed E-state index contributed by atoms with van der Waals surface area (Å²) in [5.74, 6) is 0.617. The molecule has 1 amide bonds. The van der Waals surface area contributed by atoms with Gasteiger partial charge in [0.1, 0.15) is 0 Å². The number of hydrogen-bond donors (Lipinski definition) is 0. The van der Waals surface area contributed by atoms with Gasteiger partial charge in [-0.25, -0.2) is 4.98 Å². The van der Waals surface area contributed by atoms with Crippen LogP contribution in [0.25, 0.3) is 10.2 Å². The molecule has 0 spiro atoms. The molecule has 6 heteroatoms. The first-order valence-corrected chi connectivity index (χ1v) is 11.9. The topological polar surface area (TPSA) is 45.6 Å². The number of hydrazone groups is 1. The zero-order valence-corrected chi connectivity index (χ0v) is 19.1. The maximum absolute atomic E-state index is 13.1. The second kappa shape index (κ2) is 9.90. The van der Waals surface area contributed by atoms with Crippen LogP contribution in [0.2, 0.25) is 0 Å². The number of aryl methyl sites for hydroxylation is 2. The van der Waals surface area contributed by atoms with Gasteiger partial charge in [0, 0.05) is 17.1 Å². The van der Waals surface area contributed by atoms with Crippen LogP contribution in [0.15, 0.2) is 82.8 Å². The summed E-state index contributed by atoms with van der Waals surface area (Å²) in [7, 11) is 0. The average molecular weight is 446 g/mol. The van der Waals surface area contributed by atoms with Crippen LogP contribution in [0.5, 0.6) is 0 Å². The number of amides is 1. The zero-order chi connectivity index (χ0) is 21.6. The third-order valence-corrected chi connectivity index (χ3v) is 6.69. The molecular weight excluding hydrogens is 422 g/mol. The quantitative estimate of drug-likeness (QED) is 0.186. The van der Waals surface area contributed by atoms with Gasteiger partial charge in [-0.15, -0.1) is 11.8 Å². The van der Waals surface area contributed by atoms with Crippen molar-refractivity contribution >= 4 is 50.6 Å². The molecule has 4 nitrogen and oxygen atoms in total. The number of hydrogen-bond acceptors (Lipinski definition) is 5. The monoisotopic (exact) mass is 445 g/mol. The number of anilines is 1. The summed E-state index contributed by atoms with van der Waals surface area (Å²) in [5, 5.41) is 6.58. The summed E-state index contributed by atoms with van der Waals surface area (Å²) in [5.41, 5.74) is 4.18. The molecule has 1 heterocycles. The van der Waals surface area contributed by atoms with E-state index in [9.17, 15) is 4.79 Å². The predicted molar refractivity (Wildman–Crippen MR) is 132 cm³/mol. The van der Waals surface area contributed by atoms with Crippen molar-refractivity contribution in [3.63, 3.8) is 0 Å². The summed E-state index contributed by atoms with van der Waals surface area (Å²) in [6.07, 6.45) is 2.10. The Labute approximate surface area is 190 Å². The SMILES string of the molecule is Cc1ccc(/C=N/N(C(=O)CCSc2ccccc2)c2nc3ccc(C)cc3s2)cc1.